The average Bonchev–Trinajstić information content (AvgIpc) is 3.13. The van der Waals surface area contributed by atoms with E-state index < -0.39 is 0 Å². The molecule has 0 bridgehead atoms. The summed E-state index contributed by atoms with van der Waals surface area (Å²) < 4.78 is 5.22. The molecule has 0 radical (unpaired) electrons. The van der Waals surface area contributed by atoms with Crippen LogP contribution in [0.25, 0.3) is 0 Å². The van der Waals surface area contributed by atoms with Gasteiger partial charge in [0, 0.05) is 22.7 Å². The van der Waals surface area contributed by atoms with Gasteiger partial charge in [0.25, 0.3) is 5.91 Å². The molecule has 1 saturated heterocycles. The van der Waals surface area contributed by atoms with Crippen molar-refractivity contribution in [2.75, 3.05) is 11.4 Å². The fraction of sp³-hybridized carbons (Fsp3) is 0.364. The molecule has 0 unspecified atom stereocenters. The van der Waals surface area contributed by atoms with Gasteiger partial charge < -0.3 is 9.42 Å². The van der Waals surface area contributed by atoms with Crippen molar-refractivity contribution >= 4 is 11.6 Å². The molecule has 1 aromatic carbocycles. The average molecular weight is 348 g/mol. The number of amides is 1. The monoisotopic (exact) mass is 348 g/mol. The van der Waals surface area contributed by atoms with Crippen LogP contribution in [0.3, 0.4) is 0 Å². The van der Waals surface area contributed by atoms with Gasteiger partial charge in [0.15, 0.2) is 0 Å². The Morgan fingerprint density at radius 2 is 2.19 bits per heavy atom. The van der Waals surface area contributed by atoms with E-state index in [-0.39, 0.29) is 11.8 Å². The molecule has 2 aromatic rings. The van der Waals surface area contributed by atoms with Crippen molar-refractivity contribution in [1.82, 2.24) is 5.16 Å². The van der Waals surface area contributed by atoms with E-state index in [1.54, 1.807) is 6.26 Å². The lowest BCUT2D eigenvalue weighted by Gasteiger charge is -2.33. The first kappa shape index (κ1) is 16.8. The lowest BCUT2D eigenvalue weighted by molar-refractivity contribution is -0.114. The van der Waals surface area contributed by atoms with Crippen LogP contribution in [0.4, 0.5) is 5.69 Å². The normalized spacial score (nSPS) is 20.7. The van der Waals surface area contributed by atoms with Crippen LogP contribution in [0.1, 0.15) is 48.9 Å². The number of nitrogens with zero attached hydrogens (tertiary/aromatic N) is 2. The molecule has 1 aliphatic carbocycles. The Hall–Kier alpha value is -2.62. The first-order valence-electron chi connectivity index (χ1n) is 9.27. The molecular weight excluding hydrogens is 324 g/mol. The summed E-state index contributed by atoms with van der Waals surface area (Å²) in [6, 6.07) is 8.32. The standard InChI is InChI=1S/C22H24N2O2/c1-4-19-14(2)12-24(22(19)25)18-10-6-9-17(11-18)20(16-7-5-8-16)21-15(3)13-26-23-21/h4,6,9-11,13,16,20H,2,5,7-8,12H2,1,3H3/b19-4+/t20-/m1/s1. The first-order chi connectivity index (χ1) is 12.6. The van der Waals surface area contributed by atoms with E-state index in [0.29, 0.717) is 12.5 Å². The Morgan fingerprint density at radius 3 is 2.77 bits per heavy atom. The highest BCUT2D eigenvalue weighted by Gasteiger charge is 2.34. The van der Waals surface area contributed by atoms with E-state index in [2.05, 4.69) is 23.9 Å². The molecule has 0 spiro atoms. The number of rotatable bonds is 4. The molecule has 1 atom stereocenters. The summed E-state index contributed by atoms with van der Waals surface area (Å²) in [5.74, 6) is 0.849. The molecule has 0 N–H and O–H groups in total. The lowest BCUT2D eigenvalue weighted by atomic mass is 9.71. The molecule has 1 amide bonds. The van der Waals surface area contributed by atoms with Crippen molar-refractivity contribution in [1.29, 1.82) is 0 Å². The van der Waals surface area contributed by atoms with Gasteiger partial charge in [-0.05, 0) is 55.9 Å². The molecule has 2 aliphatic rings. The van der Waals surface area contributed by atoms with E-state index >= 15 is 0 Å². The zero-order valence-electron chi connectivity index (χ0n) is 15.4. The maximum absolute atomic E-state index is 12.7. The number of aromatic nitrogens is 1. The van der Waals surface area contributed by atoms with E-state index in [4.69, 9.17) is 4.52 Å². The van der Waals surface area contributed by atoms with Gasteiger partial charge in [0.05, 0.1) is 12.2 Å². The fourth-order valence-electron chi connectivity index (χ4n) is 4.09. The SMILES string of the molecule is C=C1CN(c2cccc([C@H](c3nocc3C)C3CCC3)c2)C(=O)/C1=C/C. The van der Waals surface area contributed by atoms with Crippen molar-refractivity contribution in [2.45, 2.75) is 39.0 Å². The third kappa shape index (κ3) is 2.70. The molecule has 26 heavy (non-hydrogen) atoms. The summed E-state index contributed by atoms with van der Waals surface area (Å²) in [6.45, 7) is 8.53. The predicted molar refractivity (Wildman–Crippen MR) is 102 cm³/mol. The van der Waals surface area contributed by atoms with Crippen molar-refractivity contribution in [3.63, 3.8) is 0 Å². The van der Waals surface area contributed by atoms with Gasteiger partial charge in [-0.15, -0.1) is 0 Å². The van der Waals surface area contributed by atoms with Crippen molar-refractivity contribution < 1.29 is 9.32 Å². The van der Waals surface area contributed by atoms with Gasteiger partial charge in [0.1, 0.15) is 6.26 Å². The zero-order valence-corrected chi connectivity index (χ0v) is 15.4. The molecule has 134 valence electrons. The second-order valence-electron chi connectivity index (χ2n) is 7.34. The smallest absolute Gasteiger partial charge is 0.258 e. The Balaban J connectivity index is 1.72. The number of allylic oxidation sites excluding steroid dienone is 1. The van der Waals surface area contributed by atoms with E-state index in [0.717, 1.165) is 28.1 Å². The predicted octanol–water partition coefficient (Wildman–Crippen LogP) is 4.76. The molecule has 1 aromatic heterocycles. The van der Waals surface area contributed by atoms with Crippen molar-refractivity contribution in [3.05, 3.63) is 71.2 Å². The Morgan fingerprint density at radius 1 is 1.38 bits per heavy atom. The second-order valence-corrected chi connectivity index (χ2v) is 7.34. The van der Waals surface area contributed by atoms with Crippen molar-refractivity contribution in [2.24, 2.45) is 5.92 Å². The van der Waals surface area contributed by atoms with Crippen LogP contribution in [0.5, 0.6) is 0 Å². The number of carbonyl (C=O) groups excluding carboxylic acids is 1. The molecule has 4 nitrogen and oxygen atoms in total. The number of carbonyl (C=O) groups is 1. The maximum atomic E-state index is 12.7. The maximum Gasteiger partial charge on any atom is 0.258 e. The van der Waals surface area contributed by atoms with Gasteiger partial charge >= 0.3 is 0 Å². The minimum atomic E-state index is 0.0347. The van der Waals surface area contributed by atoms with Gasteiger partial charge in [-0.1, -0.05) is 36.4 Å². The number of benzene rings is 1. The van der Waals surface area contributed by atoms with Gasteiger partial charge in [-0.3, -0.25) is 4.79 Å². The van der Waals surface area contributed by atoms with Crippen LogP contribution in [-0.2, 0) is 4.79 Å². The highest BCUT2D eigenvalue weighted by Crippen LogP contribution is 2.44. The number of anilines is 1. The third-order valence-electron chi connectivity index (χ3n) is 5.74. The number of hydrogen-bond donors (Lipinski definition) is 0. The van der Waals surface area contributed by atoms with Crippen LogP contribution < -0.4 is 4.90 Å². The molecular formula is C22H24N2O2. The summed E-state index contributed by atoms with van der Waals surface area (Å²) in [5.41, 5.74) is 5.85. The van der Waals surface area contributed by atoms with E-state index in [1.807, 2.05) is 37.0 Å². The minimum absolute atomic E-state index is 0.0347. The van der Waals surface area contributed by atoms with Gasteiger partial charge in [-0.2, -0.15) is 0 Å². The molecule has 1 saturated carbocycles. The molecule has 4 rings (SSSR count). The van der Waals surface area contributed by atoms with E-state index in [1.165, 1.54) is 24.8 Å². The minimum Gasteiger partial charge on any atom is -0.364 e. The summed E-state index contributed by atoms with van der Waals surface area (Å²) >= 11 is 0. The van der Waals surface area contributed by atoms with Crippen LogP contribution in [0, 0.1) is 12.8 Å². The Kier molecular flexibility index (Phi) is 4.27. The van der Waals surface area contributed by atoms with Crippen LogP contribution in [-0.4, -0.2) is 17.6 Å². The summed E-state index contributed by atoms with van der Waals surface area (Å²) in [7, 11) is 0. The second kappa shape index (κ2) is 6.60. The Labute approximate surface area is 154 Å². The molecule has 2 heterocycles. The van der Waals surface area contributed by atoms with Crippen LogP contribution >= 0.6 is 0 Å². The van der Waals surface area contributed by atoms with Crippen molar-refractivity contribution in [3.8, 4) is 0 Å². The first-order valence-corrected chi connectivity index (χ1v) is 9.27. The molecule has 2 fully saturated rings. The summed E-state index contributed by atoms with van der Waals surface area (Å²) in [4.78, 5) is 14.5. The highest BCUT2D eigenvalue weighted by atomic mass is 16.5. The largest absolute Gasteiger partial charge is 0.364 e. The summed E-state index contributed by atoms with van der Waals surface area (Å²) in [6.07, 6.45) is 7.27. The summed E-state index contributed by atoms with van der Waals surface area (Å²) in [5, 5.41) is 4.30. The van der Waals surface area contributed by atoms with Gasteiger partial charge in [-0.25, -0.2) is 0 Å². The third-order valence-corrected chi connectivity index (χ3v) is 5.74. The quantitative estimate of drug-likeness (QED) is 0.748. The molecule has 4 heteroatoms. The Bertz CT molecular complexity index is 889. The lowest BCUT2D eigenvalue weighted by Crippen LogP contribution is -2.25. The molecule has 1 aliphatic heterocycles. The van der Waals surface area contributed by atoms with Crippen LogP contribution in [0.15, 0.2) is 58.9 Å². The van der Waals surface area contributed by atoms with Gasteiger partial charge in [0.2, 0.25) is 0 Å². The number of aryl methyl sites for hydroxylation is 1. The highest BCUT2D eigenvalue weighted by molar-refractivity contribution is 6.12. The van der Waals surface area contributed by atoms with Crippen LogP contribution in [0.2, 0.25) is 0 Å². The zero-order chi connectivity index (χ0) is 18.3. The van der Waals surface area contributed by atoms with E-state index in [9.17, 15) is 4.79 Å². The fourth-order valence-corrected chi connectivity index (χ4v) is 4.09. The topological polar surface area (TPSA) is 46.3 Å². The number of hydrogen-bond acceptors (Lipinski definition) is 3.